The Labute approximate surface area is 202 Å². The van der Waals surface area contributed by atoms with E-state index in [2.05, 4.69) is 4.98 Å². The van der Waals surface area contributed by atoms with Crippen LogP contribution in [0.4, 0.5) is 18.9 Å². The van der Waals surface area contributed by atoms with Gasteiger partial charge in [-0.3, -0.25) is 9.78 Å². The second kappa shape index (κ2) is 9.11. The number of piperidine rings is 1. The molecule has 2 heterocycles. The van der Waals surface area contributed by atoms with Gasteiger partial charge in [0, 0.05) is 30.4 Å². The fourth-order valence-electron chi connectivity index (χ4n) is 4.41. The summed E-state index contributed by atoms with van der Waals surface area (Å²) in [6.45, 7) is 3.28. The number of pyridine rings is 1. The van der Waals surface area contributed by atoms with Crippen LogP contribution in [0.2, 0.25) is 0 Å². The Morgan fingerprint density at radius 3 is 2.29 bits per heavy atom. The molecule has 1 aromatic heterocycles. The van der Waals surface area contributed by atoms with Crippen molar-refractivity contribution in [2.24, 2.45) is 5.92 Å². The summed E-state index contributed by atoms with van der Waals surface area (Å²) in [6.07, 6.45) is -2.57. The molecule has 0 bridgehead atoms. The van der Waals surface area contributed by atoms with E-state index in [0.717, 1.165) is 23.4 Å². The minimum atomic E-state index is -4.65. The van der Waals surface area contributed by atoms with Gasteiger partial charge in [-0.25, -0.2) is 8.42 Å². The predicted octanol–water partition coefficient (Wildman–Crippen LogP) is 5.76. The highest BCUT2D eigenvalue weighted by molar-refractivity contribution is 7.92. The van der Waals surface area contributed by atoms with Crippen LogP contribution in [0.1, 0.15) is 32.3 Å². The van der Waals surface area contributed by atoms with Crippen molar-refractivity contribution < 1.29 is 26.4 Å². The first-order chi connectivity index (χ1) is 16.4. The molecule has 1 atom stereocenters. The molecule has 0 spiro atoms. The van der Waals surface area contributed by atoms with Gasteiger partial charge >= 0.3 is 6.18 Å². The molecule has 3 aromatic rings. The van der Waals surface area contributed by atoms with Crippen LogP contribution in [0.5, 0.6) is 0 Å². The highest BCUT2D eigenvalue weighted by Crippen LogP contribution is 2.40. The molecule has 1 fully saturated rings. The van der Waals surface area contributed by atoms with Gasteiger partial charge in [0.2, 0.25) is 5.91 Å². The third kappa shape index (κ3) is 4.82. The Bertz CT molecular complexity index is 1320. The van der Waals surface area contributed by atoms with E-state index in [1.165, 1.54) is 19.9 Å². The van der Waals surface area contributed by atoms with E-state index in [9.17, 15) is 26.4 Å². The van der Waals surface area contributed by atoms with Gasteiger partial charge in [0.05, 0.1) is 20.9 Å². The van der Waals surface area contributed by atoms with E-state index in [1.807, 2.05) is 42.5 Å². The van der Waals surface area contributed by atoms with Crippen LogP contribution in [0.25, 0.3) is 11.3 Å². The molecule has 1 saturated heterocycles. The molecular weight excluding hydrogens is 477 g/mol. The zero-order valence-electron chi connectivity index (χ0n) is 19.3. The summed E-state index contributed by atoms with van der Waals surface area (Å²) >= 11 is 0. The largest absolute Gasteiger partial charge is 0.416 e. The van der Waals surface area contributed by atoms with Crippen LogP contribution in [-0.2, 0) is 20.8 Å². The molecule has 0 unspecified atom stereocenters. The molecule has 0 aliphatic carbocycles. The molecule has 1 amide bonds. The molecule has 35 heavy (non-hydrogen) atoms. The molecule has 0 saturated carbocycles. The fraction of sp³-hybridized carbons (Fsp3) is 0.308. The zero-order valence-corrected chi connectivity index (χ0v) is 20.1. The number of anilines is 1. The average Bonchev–Trinajstić information content (AvgIpc) is 2.84. The Hall–Kier alpha value is -3.20. The molecule has 0 radical (unpaired) electrons. The summed E-state index contributed by atoms with van der Waals surface area (Å²) in [4.78, 5) is 18.6. The number of carbonyl (C=O) groups is 1. The lowest BCUT2D eigenvalue weighted by Crippen LogP contribution is -2.48. The fourth-order valence-corrected chi connectivity index (χ4v) is 6.19. The number of nitrogens with zero attached hydrogens (tertiary/aromatic N) is 2. The Kier molecular flexibility index (Phi) is 6.48. The minimum Gasteiger partial charge on any atom is -0.312 e. The number of amides is 1. The summed E-state index contributed by atoms with van der Waals surface area (Å²) in [5, 5.41) is 0. The van der Waals surface area contributed by atoms with Crippen LogP contribution in [0.15, 0.2) is 77.8 Å². The maximum atomic E-state index is 13.4. The van der Waals surface area contributed by atoms with Gasteiger partial charge in [-0.15, -0.1) is 0 Å². The standard InChI is InChI=1S/C26H25F3N2O3S/c1-25(2,35(33,34)22-7-5-6-20(16-22)26(27,28)29)19-13-15-31(24(32)17-19)21-11-9-18(10-12-21)23-8-3-4-14-30-23/h3-12,14,16,19H,13,15,17H2,1-2H3/t19-/m0/s1. The van der Waals surface area contributed by atoms with Gasteiger partial charge in [0.1, 0.15) is 0 Å². The minimum absolute atomic E-state index is 0.0207. The quantitative estimate of drug-likeness (QED) is 0.445. The van der Waals surface area contributed by atoms with Gasteiger partial charge in [0.15, 0.2) is 9.84 Å². The number of benzene rings is 2. The van der Waals surface area contributed by atoms with Crippen molar-refractivity contribution >= 4 is 21.4 Å². The van der Waals surface area contributed by atoms with E-state index in [0.29, 0.717) is 24.7 Å². The average molecular weight is 503 g/mol. The highest BCUT2D eigenvalue weighted by Gasteiger charge is 2.46. The summed E-state index contributed by atoms with van der Waals surface area (Å²) in [5.74, 6) is -0.766. The second-order valence-electron chi connectivity index (χ2n) is 9.13. The summed E-state index contributed by atoms with van der Waals surface area (Å²) in [5.41, 5.74) is 1.40. The van der Waals surface area contributed by atoms with E-state index in [1.54, 1.807) is 11.1 Å². The van der Waals surface area contributed by atoms with Crippen LogP contribution in [0.3, 0.4) is 0 Å². The number of sulfone groups is 1. The lowest BCUT2D eigenvalue weighted by atomic mass is 9.85. The van der Waals surface area contributed by atoms with Crippen molar-refractivity contribution in [2.45, 2.75) is 42.5 Å². The maximum Gasteiger partial charge on any atom is 0.416 e. The topological polar surface area (TPSA) is 67.3 Å². The molecule has 0 N–H and O–H groups in total. The third-order valence-corrected chi connectivity index (χ3v) is 9.30. The number of rotatable bonds is 5. The van der Waals surface area contributed by atoms with Crippen molar-refractivity contribution in [3.63, 3.8) is 0 Å². The highest BCUT2D eigenvalue weighted by atomic mass is 32.2. The van der Waals surface area contributed by atoms with Crippen molar-refractivity contribution in [3.8, 4) is 11.3 Å². The van der Waals surface area contributed by atoms with Crippen LogP contribution in [-0.4, -0.2) is 30.6 Å². The number of alkyl halides is 3. The van der Waals surface area contributed by atoms with E-state index in [-0.39, 0.29) is 12.3 Å². The first kappa shape index (κ1) is 24.9. The third-order valence-electron chi connectivity index (χ3n) is 6.71. The van der Waals surface area contributed by atoms with Crippen molar-refractivity contribution in [1.82, 2.24) is 4.98 Å². The molecule has 184 valence electrons. The van der Waals surface area contributed by atoms with E-state index >= 15 is 0 Å². The monoisotopic (exact) mass is 502 g/mol. The van der Waals surface area contributed by atoms with Crippen LogP contribution in [0, 0.1) is 5.92 Å². The molecule has 2 aromatic carbocycles. The van der Waals surface area contributed by atoms with Gasteiger partial charge in [-0.05, 0) is 68.7 Å². The number of carbonyl (C=O) groups excluding carboxylic acids is 1. The summed E-state index contributed by atoms with van der Waals surface area (Å²) in [6, 6.07) is 16.8. The SMILES string of the molecule is CC(C)([C@H]1CCN(c2ccc(-c3ccccn3)cc2)C(=O)C1)S(=O)(=O)c1cccc(C(F)(F)F)c1. The van der Waals surface area contributed by atoms with E-state index < -0.39 is 37.1 Å². The molecule has 1 aliphatic rings. The Balaban J connectivity index is 1.52. The number of hydrogen-bond donors (Lipinski definition) is 0. The van der Waals surface area contributed by atoms with Gasteiger partial charge < -0.3 is 4.90 Å². The molecule has 5 nitrogen and oxygen atoms in total. The van der Waals surface area contributed by atoms with Crippen LogP contribution < -0.4 is 4.90 Å². The van der Waals surface area contributed by atoms with Gasteiger partial charge in [-0.2, -0.15) is 13.2 Å². The van der Waals surface area contributed by atoms with Crippen molar-refractivity contribution in [2.75, 3.05) is 11.4 Å². The number of aromatic nitrogens is 1. The molecule has 9 heteroatoms. The van der Waals surface area contributed by atoms with Crippen LogP contribution >= 0.6 is 0 Å². The molecule has 1 aliphatic heterocycles. The van der Waals surface area contributed by atoms with Gasteiger partial charge in [0.25, 0.3) is 0 Å². The maximum absolute atomic E-state index is 13.4. The molecule has 4 rings (SSSR count). The number of halogens is 3. The smallest absolute Gasteiger partial charge is 0.312 e. The normalized spacial score (nSPS) is 17.5. The second-order valence-corrected chi connectivity index (χ2v) is 11.7. The Morgan fingerprint density at radius 1 is 0.971 bits per heavy atom. The zero-order chi connectivity index (χ0) is 25.4. The molecular formula is C26H25F3N2O3S. The van der Waals surface area contributed by atoms with E-state index in [4.69, 9.17) is 0 Å². The first-order valence-electron chi connectivity index (χ1n) is 11.1. The summed E-state index contributed by atoms with van der Waals surface area (Å²) in [7, 11) is -4.14. The summed E-state index contributed by atoms with van der Waals surface area (Å²) < 4.78 is 64.7. The van der Waals surface area contributed by atoms with Crippen molar-refractivity contribution in [1.29, 1.82) is 0 Å². The lowest BCUT2D eigenvalue weighted by Gasteiger charge is -2.39. The number of hydrogen-bond acceptors (Lipinski definition) is 4. The first-order valence-corrected chi connectivity index (χ1v) is 12.6. The van der Waals surface area contributed by atoms with Crippen molar-refractivity contribution in [3.05, 3.63) is 78.5 Å². The predicted molar refractivity (Wildman–Crippen MR) is 127 cm³/mol. The van der Waals surface area contributed by atoms with Gasteiger partial charge in [-0.1, -0.05) is 24.3 Å². The lowest BCUT2D eigenvalue weighted by molar-refractivity contribution is -0.137. The Morgan fingerprint density at radius 2 is 1.69 bits per heavy atom.